The summed E-state index contributed by atoms with van der Waals surface area (Å²) in [5, 5.41) is 1.76. The summed E-state index contributed by atoms with van der Waals surface area (Å²) in [6.45, 7) is 8.68. The quantitative estimate of drug-likeness (QED) is 0.534. The van der Waals surface area contributed by atoms with Crippen molar-refractivity contribution in [2.75, 3.05) is 44.7 Å². The fourth-order valence-electron chi connectivity index (χ4n) is 4.51. The smallest absolute Gasteiger partial charge is 0.251 e. The molecule has 0 radical (unpaired) electrons. The molecule has 2 aromatic rings. The lowest BCUT2D eigenvalue weighted by Gasteiger charge is -2.36. The van der Waals surface area contributed by atoms with Gasteiger partial charge in [0.2, 0.25) is 0 Å². The van der Waals surface area contributed by atoms with Crippen LogP contribution in [0.1, 0.15) is 25.8 Å². The number of allylic oxidation sites excluding steroid dienone is 6. The number of fused-ring (bicyclic) bond motifs is 1. The number of anilines is 1. The van der Waals surface area contributed by atoms with Crippen molar-refractivity contribution in [3.63, 3.8) is 0 Å². The van der Waals surface area contributed by atoms with Gasteiger partial charge in [-0.05, 0) is 56.2 Å². The number of pyridine rings is 1. The molecule has 0 amide bonds. The third kappa shape index (κ3) is 6.54. The molecule has 1 aromatic heterocycles. The Kier molecular flexibility index (Phi) is 8.42. The van der Waals surface area contributed by atoms with E-state index in [4.69, 9.17) is 4.74 Å². The number of benzene rings is 1. The molecule has 0 saturated carbocycles. The van der Waals surface area contributed by atoms with Crippen LogP contribution in [-0.2, 0) is 6.54 Å². The number of aromatic nitrogens is 1. The average molecular weight is 488 g/mol. The summed E-state index contributed by atoms with van der Waals surface area (Å²) in [6.07, 6.45) is 12.0. The molecule has 36 heavy (non-hydrogen) atoms. The highest BCUT2D eigenvalue weighted by atomic mass is 19.1. The van der Waals surface area contributed by atoms with Gasteiger partial charge in [-0.15, -0.1) is 0 Å². The maximum atomic E-state index is 12.9. The first-order valence-electron chi connectivity index (χ1n) is 12.4. The minimum absolute atomic E-state index is 0.0514. The lowest BCUT2D eigenvalue weighted by atomic mass is 10.1. The van der Waals surface area contributed by atoms with E-state index in [-0.39, 0.29) is 11.4 Å². The number of ether oxygens (including phenoxy) is 1. The van der Waals surface area contributed by atoms with Crippen LogP contribution in [0.3, 0.4) is 0 Å². The van der Waals surface area contributed by atoms with Crippen LogP contribution in [0.4, 0.5) is 10.1 Å². The van der Waals surface area contributed by atoms with E-state index in [1.165, 1.54) is 18.6 Å². The maximum absolute atomic E-state index is 12.9. The van der Waals surface area contributed by atoms with E-state index < -0.39 is 0 Å². The Labute approximate surface area is 212 Å². The van der Waals surface area contributed by atoms with E-state index in [9.17, 15) is 9.18 Å². The summed E-state index contributed by atoms with van der Waals surface area (Å²) < 4.78 is 20.3. The molecule has 5 nitrogen and oxygen atoms in total. The molecule has 1 aromatic carbocycles. The molecule has 2 heterocycles. The van der Waals surface area contributed by atoms with Crippen molar-refractivity contribution in [1.82, 2.24) is 9.47 Å². The largest absolute Gasteiger partial charge is 0.497 e. The molecule has 1 saturated heterocycles. The number of piperazine rings is 1. The fourth-order valence-corrected chi connectivity index (χ4v) is 4.51. The van der Waals surface area contributed by atoms with Gasteiger partial charge in [0, 0.05) is 55.8 Å². The van der Waals surface area contributed by atoms with E-state index in [0.717, 1.165) is 66.7 Å². The molecule has 0 bridgehead atoms. The SMILES string of the molecule is COc1cc(Cn2c(=O)ccc3c2=C=CC=CC=3)cc(N2CCN(CC/C(C)=C/C=C(\C)F)CC2)c1. The fraction of sp³-hybridized carbons (Fsp3) is 0.333. The Bertz CT molecular complexity index is 1400. The second kappa shape index (κ2) is 11.9. The van der Waals surface area contributed by atoms with Crippen LogP contribution in [0.25, 0.3) is 11.8 Å². The van der Waals surface area contributed by atoms with Crippen LogP contribution in [0, 0.1) is 0 Å². The molecular formula is C30H34FN3O2. The van der Waals surface area contributed by atoms with Gasteiger partial charge in [0.25, 0.3) is 5.56 Å². The van der Waals surface area contributed by atoms with Crippen LogP contribution in [0.5, 0.6) is 5.75 Å². The molecule has 1 aliphatic carbocycles. The standard InChI is InChI=1S/C30H34FN3O2/c1-23(9-10-24(2)31)13-14-32-15-17-33(18-16-32)27-19-25(20-28(21-27)36-3)22-34-29-8-6-4-5-7-26(29)11-12-30(34)35/h4-7,9-12,19-21H,13-18,22H2,1-3H3/b23-9+,24-10+. The van der Waals surface area contributed by atoms with E-state index in [2.05, 4.69) is 27.7 Å². The van der Waals surface area contributed by atoms with Crippen LogP contribution in [0.15, 0.2) is 76.9 Å². The predicted octanol–water partition coefficient (Wildman–Crippen LogP) is 3.52. The summed E-state index contributed by atoms with van der Waals surface area (Å²) in [5.41, 5.74) is 6.49. The zero-order valence-electron chi connectivity index (χ0n) is 21.3. The summed E-state index contributed by atoms with van der Waals surface area (Å²) in [5.74, 6) is 0.614. The summed E-state index contributed by atoms with van der Waals surface area (Å²) >= 11 is 0. The Morgan fingerprint density at radius 2 is 1.89 bits per heavy atom. The molecule has 4 rings (SSSR count). The molecule has 0 N–H and O–H groups in total. The molecule has 2 aliphatic rings. The Morgan fingerprint density at radius 1 is 1.08 bits per heavy atom. The van der Waals surface area contributed by atoms with E-state index >= 15 is 0 Å². The molecule has 1 aliphatic heterocycles. The summed E-state index contributed by atoms with van der Waals surface area (Å²) in [4.78, 5) is 17.6. The van der Waals surface area contributed by atoms with Gasteiger partial charge < -0.3 is 9.64 Å². The topological polar surface area (TPSA) is 37.7 Å². The number of halogens is 1. The molecule has 6 heteroatoms. The highest BCUT2D eigenvalue weighted by Gasteiger charge is 2.18. The second-order valence-electron chi connectivity index (χ2n) is 9.31. The Balaban J connectivity index is 1.49. The predicted molar refractivity (Wildman–Crippen MR) is 146 cm³/mol. The first-order chi connectivity index (χ1) is 17.4. The molecule has 0 unspecified atom stereocenters. The van der Waals surface area contributed by atoms with Gasteiger partial charge in [-0.3, -0.25) is 14.3 Å². The van der Waals surface area contributed by atoms with E-state index in [0.29, 0.717) is 6.54 Å². The van der Waals surface area contributed by atoms with Crippen LogP contribution >= 0.6 is 0 Å². The first-order valence-corrected chi connectivity index (χ1v) is 12.4. The van der Waals surface area contributed by atoms with Crippen molar-refractivity contribution in [2.45, 2.75) is 26.8 Å². The number of nitrogens with zero attached hydrogens (tertiary/aromatic N) is 3. The average Bonchev–Trinajstić information content (AvgIpc) is 3.14. The molecule has 0 spiro atoms. The maximum Gasteiger partial charge on any atom is 0.251 e. The third-order valence-corrected chi connectivity index (χ3v) is 6.60. The number of rotatable bonds is 8. The number of methoxy groups -OCH3 is 1. The van der Waals surface area contributed by atoms with Gasteiger partial charge in [0.15, 0.2) is 0 Å². The van der Waals surface area contributed by atoms with Crippen LogP contribution < -0.4 is 25.8 Å². The lowest BCUT2D eigenvalue weighted by molar-refractivity contribution is 0.261. The van der Waals surface area contributed by atoms with E-state index in [1.54, 1.807) is 17.7 Å². The highest BCUT2D eigenvalue weighted by molar-refractivity contribution is 5.54. The van der Waals surface area contributed by atoms with Crippen molar-refractivity contribution in [3.05, 3.63) is 98.6 Å². The van der Waals surface area contributed by atoms with E-state index in [1.807, 2.05) is 49.4 Å². The van der Waals surface area contributed by atoms with Gasteiger partial charge in [0.05, 0.1) is 24.8 Å². The molecular weight excluding hydrogens is 453 g/mol. The normalized spacial score (nSPS) is 16.3. The summed E-state index contributed by atoms with van der Waals surface area (Å²) in [7, 11) is 1.67. The van der Waals surface area contributed by atoms with Gasteiger partial charge in [-0.1, -0.05) is 35.6 Å². The number of hydrogen-bond acceptors (Lipinski definition) is 4. The first kappa shape index (κ1) is 25.5. The summed E-state index contributed by atoms with van der Waals surface area (Å²) in [6, 6.07) is 9.68. The Morgan fingerprint density at radius 3 is 2.64 bits per heavy atom. The van der Waals surface area contributed by atoms with Gasteiger partial charge in [-0.25, -0.2) is 4.39 Å². The van der Waals surface area contributed by atoms with Crippen molar-refractivity contribution in [3.8, 4) is 5.75 Å². The van der Waals surface area contributed by atoms with Crippen molar-refractivity contribution in [2.24, 2.45) is 0 Å². The minimum Gasteiger partial charge on any atom is -0.497 e. The van der Waals surface area contributed by atoms with Crippen LogP contribution in [-0.4, -0.2) is 49.3 Å². The van der Waals surface area contributed by atoms with Crippen molar-refractivity contribution in [1.29, 1.82) is 0 Å². The lowest BCUT2D eigenvalue weighted by Crippen LogP contribution is -2.46. The zero-order chi connectivity index (χ0) is 25.5. The van der Waals surface area contributed by atoms with Crippen LogP contribution in [0.2, 0.25) is 0 Å². The molecule has 0 atom stereocenters. The van der Waals surface area contributed by atoms with Crippen molar-refractivity contribution < 1.29 is 9.13 Å². The van der Waals surface area contributed by atoms with Gasteiger partial charge >= 0.3 is 0 Å². The second-order valence-corrected chi connectivity index (χ2v) is 9.31. The number of hydrogen-bond donors (Lipinski definition) is 0. The zero-order valence-corrected chi connectivity index (χ0v) is 21.3. The highest BCUT2D eigenvalue weighted by Crippen LogP contribution is 2.25. The van der Waals surface area contributed by atoms with Crippen molar-refractivity contribution >= 4 is 17.5 Å². The molecule has 1 fully saturated rings. The third-order valence-electron chi connectivity index (χ3n) is 6.60. The van der Waals surface area contributed by atoms with Gasteiger partial charge in [-0.2, -0.15) is 0 Å². The minimum atomic E-state index is -0.168. The van der Waals surface area contributed by atoms with Gasteiger partial charge in [0.1, 0.15) is 5.75 Å². The monoisotopic (exact) mass is 487 g/mol. The molecule has 188 valence electrons. The Hall–Kier alpha value is -3.60.